The number of nitrogens with two attached hydrogens (primary N) is 1. The molecule has 0 radical (unpaired) electrons. The van der Waals surface area contributed by atoms with E-state index in [2.05, 4.69) is 14.7 Å². The quantitative estimate of drug-likeness (QED) is 0.507. The van der Waals surface area contributed by atoms with Crippen LogP contribution in [0, 0.1) is 0 Å². The van der Waals surface area contributed by atoms with Gasteiger partial charge < -0.3 is 20.7 Å². The van der Waals surface area contributed by atoms with Crippen LogP contribution in [0.15, 0.2) is 35.2 Å². The molecule has 5 N–H and O–H groups in total. The molecule has 0 unspecified atom stereocenters. The normalized spacial score (nSPS) is 11.5. The van der Waals surface area contributed by atoms with Gasteiger partial charge in [0, 0.05) is 14.1 Å². The SMILES string of the molecule is CN(C)c1nc2ccc(NS(=O)(=O)c3cc(Cl)c(O)c(C(N)=O)c3)cc2[nH]1. The van der Waals surface area contributed by atoms with E-state index in [1.807, 2.05) is 14.1 Å². The van der Waals surface area contributed by atoms with Gasteiger partial charge in [0.1, 0.15) is 5.75 Å². The molecule has 11 heteroatoms. The summed E-state index contributed by atoms with van der Waals surface area (Å²) >= 11 is 5.81. The summed E-state index contributed by atoms with van der Waals surface area (Å²) in [6.07, 6.45) is 0. The van der Waals surface area contributed by atoms with E-state index in [-0.39, 0.29) is 21.2 Å². The standard InChI is InChI=1S/C16H16ClN5O4S/c1-22(2)16-19-12-4-3-8(5-13(12)20-16)21-27(25,26)9-6-10(15(18)24)14(23)11(17)7-9/h3-7,21,23H,1-2H3,(H2,18,24)(H,19,20). The van der Waals surface area contributed by atoms with E-state index in [4.69, 9.17) is 17.3 Å². The second kappa shape index (κ2) is 6.63. The number of H-pyrrole nitrogens is 1. The molecule has 3 aromatic rings. The van der Waals surface area contributed by atoms with Gasteiger partial charge in [0.15, 0.2) is 0 Å². The van der Waals surface area contributed by atoms with E-state index in [0.717, 1.165) is 12.1 Å². The Morgan fingerprint density at radius 2 is 2.00 bits per heavy atom. The zero-order valence-corrected chi connectivity index (χ0v) is 15.9. The number of aromatic nitrogens is 2. The lowest BCUT2D eigenvalue weighted by molar-refractivity contribution is 0.0997. The van der Waals surface area contributed by atoms with E-state index >= 15 is 0 Å². The first-order chi connectivity index (χ1) is 12.6. The van der Waals surface area contributed by atoms with Crippen molar-refractivity contribution < 1.29 is 18.3 Å². The molecule has 0 saturated carbocycles. The lowest BCUT2D eigenvalue weighted by atomic mass is 10.2. The van der Waals surface area contributed by atoms with Crippen LogP contribution in [0.25, 0.3) is 11.0 Å². The maximum absolute atomic E-state index is 12.7. The van der Waals surface area contributed by atoms with Gasteiger partial charge in [-0.15, -0.1) is 0 Å². The average molecular weight is 410 g/mol. The monoisotopic (exact) mass is 409 g/mol. The van der Waals surface area contributed by atoms with Crippen molar-refractivity contribution in [2.75, 3.05) is 23.7 Å². The fourth-order valence-corrected chi connectivity index (χ4v) is 3.79. The number of amides is 1. The van der Waals surface area contributed by atoms with Crippen LogP contribution < -0.4 is 15.4 Å². The molecule has 3 rings (SSSR count). The number of halogens is 1. The molecule has 27 heavy (non-hydrogen) atoms. The number of primary amides is 1. The number of nitrogens with one attached hydrogen (secondary N) is 2. The summed E-state index contributed by atoms with van der Waals surface area (Å²) < 4.78 is 27.7. The molecule has 142 valence electrons. The molecule has 0 fully saturated rings. The van der Waals surface area contributed by atoms with Crippen molar-refractivity contribution in [3.63, 3.8) is 0 Å². The van der Waals surface area contributed by atoms with E-state index in [9.17, 15) is 18.3 Å². The highest BCUT2D eigenvalue weighted by Gasteiger charge is 2.21. The third-order valence-corrected chi connectivity index (χ3v) is 5.41. The van der Waals surface area contributed by atoms with Crippen molar-refractivity contribution in [1.29, 1.82) is 0 Å². The number of imidazole rings is 1. The van der Waals surface area contributed by atoms with Crippen LogP contribution in [0.5, 0.6) is 5.75 Å². The van der Waals surface area contributed by atoms with Gasteiger partial charge in [-0.25, -0.2) is 13.4 Å². The van der Waals surface area contributed by atoms with Gasteiger partial charge in [-0.2, -0.15) is 0 Å². The molecule has 0 saturated heterocycles. The Kier molecular flexibility index (Phi) is 4.62. The van der Waals surface area contributed by atoms with Gasteiger partial charge in [-0.05, 0) is 30.3 Å². The Labute approximate surface area is 159 Å². The van der Waals surface area contributed by atoms with E-state index in [1.165, 1.54) is 0 Å². The molecule has 1 amide bonds. The molecule has 0 spiro atoms. The topological polar surface area (TPSA) is 141 Å². The number of carbonyl (C=O) groups excluding carboxylic acids is 1. The number of sulfonamides is 1. The summed E-state index contributed by atoms with van der Waals surface area (Å²) in [6, 6.07) is 6.80. The minimum Gasteiger partial charge on any atom is -0.506 e. The second-order valence-electron chi connectivity index (χ2n) is 5.96. The highest BCUT2D eigenvalue weighted by atomic mass is 35.5. The predicted molar refractivity (Wildman–Crippen MR) is 103 cm³/mol. The van der Waals surface area contributed by atoms with Crippen LogP contribution in [-0.2, 0) is 10.0 Å². The zero-order valence-electron chi connectivity index (χ0n) is 14.3. The summed E-state index contributed by atoms with van der Waals surface area (Å²) in [5, 5.41) is 9.45. The van der Waals surface area contributed by atoms with Crippen molar-refractivity contribution >= 4 is 50.2 Å². The summed E-state index contributed by atoms with van der Waals surface area (Å²) in [5.41, 5.74) is 6.35. The minimum absolute atomic E-state index is 0.279. The summed E-state index contributed by atoms with van der Waals surface area (Å²) in [5.74, 6) is -0.943. The highest BCUT2D eigenvalue weighted by molar-refractivity contribution is 7.92. The maximum atomic E-state index is 12.7. The number of fused-ring (bicyclic) bond motifs is 1. The Hall–Kier alpha value is -2.98. The Morgan fingerprint density at radius 1 is 1.30 bits per heavy atom. The van der Waals surface area contributed by atoms with Crippen LogP contribution in [-0.4, -0.2) is 43.5 Å². The maximum Gasteiger partial charge on any atom is 0.261 e. The molecule has 2 aromatic carbocycles. The van der Waals surface area contributed by atoms with Gasteiger partial charge in [-0.3, -0.25) is 9.52 Å². The van der Waals surface area contributed by atoms with Crippen molar-refractivity contribution in [3.05, 3.63) is 40.9 Å². The van der Waals surface area contributed by atoms with Crippen molar-refractivity contribution in [2.45, 2.75) is 4.90 Å². The van der Waals surface area contributed by atoms with Crippen molar-refractivity contribution in [3.8, 4) is 5.75 Å². The molecule has 0 aliphatic carbocycles. The number of hydrogen-bond donors (Lipinski definition) is 4. The third-order valence-electron chi connectivity index (χ3n) is 3.76. The molecule has 0 bridgehead atoms. The molecular formula is C16H16ClN5O4S. The lowest BCUT2D eigenvalue weighted by Gasteiger charge is -2.11. The number of nitrogens with zero attached hydrogens (tertiary/aromatic N) is 2. The Balaban J connectivity index is 1.99. The van der Waals surface area contributed by atoms with Crippen LogP contribution in [0.1, 0.15) is 10.4 Å². The molecule has 9 nitrogen and oxygen atoms in total. The minimum atomic E-state index is -4.08. The highest BCUT2D eigenvalue weighted by Crippen LogP contribution is 2.31. The third kappa shape index (κ3) is 3.62. The van der Waals surface area contributed by atoms with Crippen LogP contribution in [0.3, 0.4) is 0 Å². The molecule has 0 atom stereocenters. The second-order valence-corrected chi connectivity index (χ2v) is 8.05. The summed E-state index contributed by atoms with van der Waals surface area (Å²) in [6.45, 7) is 0. The summed E-state index contributed by atoms with van der Waals surface area (Å²) in [4.78, 5) is 20.3. The smallest absolute Gasteiger partial charge is 0.261 e. The predicted octanol–water partition coefficient (Wildman–Crippen LogP) is 1.89. The molecule has 0 aliphatic heterocycles. The van der Waals surface area contributed by atoms with Gasteiger partial charge >= 0.3 is 0 Å². The number of aromatic hydroxyl groups is 1. The van der Waals surface area contributed by atoms with Gasteiger partial charge in [0.2, 0.25) is 5.95 Å². The first-order valence-corrected chi connectivity index (χ1v) is 9.47. The number of aromatic amines is 1. The van der Waals surface area contributed by atoms with E-state index in [1.54, 1.807) is 23.1 Å². The first kappa shape index (κ1) is 18.8. The van der Waals surface area contributed by atoms with Gasteiger partial charge in [-0.1, -0.05) is 11.6 Å². The number of phenols is 1. The van der Waals surface area contributed by atoms with Crippen LogP contribution in [0.2, 0.25) is 5.02 Å². The van der Waals surface area contributed by atoms with Crippen molar-refractivity contribution in [1.82, 2.24) is 9.97 Å². The lowest BCUT2D eigenvalue weighted by Crippen LogP contribution is -2.16. The zero-order chi connectivity index (χ0) is 19.9. The Morgan fingerprint density at radius 3 is 2.63 bits per heavy atom. The van der Waals surface area contributed by atoms with E-state index in [0.29, 0.717) is 17.0 Å². The number of rotatable bonds is 5. The fourth-order valence-electron chi connectivity index (χ4n) is 2.40. The largest absolute Gasteiger partial charge is 0.506 e. The number of benzene rings is 2. The van der Waals surface area contributed by atoms with Gasteiger partial charge in [0.25, 0.3) is 15.9 Å². The van der Waals surface area contributed by atoms with E-state index < -0.39 is 21.7 Å². The van der Waals surface area contributed by atoms with Crippen LogP contribution in [0.4, 0.5) is 11.6 Å². The average Bonchev–Trinajstić information content (AvgIpc) is 3.00. The van der Waals surface area contributed by atoms with Gasteiger partial charge in [0.05, 0.1) is 32.2 Å². The van der Waals surface area contributed by atoms with Crippen LogP contribution >= 0.6 is 11.6 Å². The number of carbonyl (C=O) groups is 1. The Bertz CT molecular complexity index is 1160. The summed E-state index contributed by atoms with van der Waals surface area (Å²) in [7, 11) is -0.434. The molecule has 0 aliphatic rings. The van der Waals surface area contributed by atoms with Crippen molar-refractivity contribution in [2.24, 2.45) is 5.73 Å². The molecule has 1 heterocycles. The number of anilines is 2. The fraction of sp³-hybridized carbons (Fsp3) is 0.125. The molecular weight excluding hydrogens is 394 g/mol. The first-order valence-electron chi connectivity index (χ1n) is 7.60. The molecule has 1 aromatic heterocycles. The number of hydrogen-bond acceptors (Lipinski definition) is 6.